The summed E-state index contributed by atoms with van der Waals surface area (Å²) in [5, 5.41) is 0.675. The monoisotopic (exact) mass is 660 g/mol. The van der Waals surface area contributed by atoms with Crippen molar-refractivity contribution in [1.29, 1.82) is 0 Å². The zero-order chi connectivity index (χ0) is 30.0. The molecule has 212 valence electrons. The second kappa shape index (κ2) is 12.5. The van der Waals surface area contributed by atoms with Gasteiger partial charge in [-0.25, -0.2) is 0 Å². The van der Waals surface area contributed by atoms with Crippen LogP contribution in [0, 0.1) is 13.8 Å². The molecule has 42 heavy (non-hydrogen) atoms. The molecule has 0 aromatic heterocycles. The first-order valence-corrected chi connectivity index (χ1v) is 14.6. The van der Waals surface area contributed by atoms with Crippen LogP contribution < -0.4 is 19.3 Å². The number of hydrogen-bond donors (Lipinski definition) is 0. The van der Waals surface area contributed by atoms with E-state index in [9.17, 15) is 9.59 Å². The molecule has 0 spiro atoms. The maximum Gasteiger partial charge on any atom is 0.270 e. The molecule has 1 aliphatic rings. The number of rotatable bonds is 7. The third kappa shape index (κ3) is 5.97. The van der Waals surface area contributed by atoms with E-state index in [4.69, 9.17) is 33.3 Å². The predicted octanol–water partition coefficient (Wildman–Crippen LogP) is 8.06. The number of carbonyl (C=O) groups excluding carboxylic acids is 2. The van der Waals surface area contributed by atoms with Crippen LogP contribution in [0.25, 0.3) is 6.08 Å². The Bertz CT molecular complexity index is 1650. The molecule has 4 aromatic carbocycles. The van der Waals surface area contributed by atoms with Gasteiger partial charge in [0.1, 0.15) is 12.2 Å². The predicted molar refractivity (Wildman–Crippen MR) is 174 cm³/mol. The summed E-state index contributed by atoms with van der Waals surface area (Å²) in [5.41, 5.74) is 4.52. The lowest BCUT2D eigenvalue weighted by molar-refractivity contribution is -0.120. The number of nitrogens with zero attached hydrogens (tertiary/aromatic N) is 2. The molecule has 0 saturated carbocycles. The number of carbonyl (C=O) groups is 2. The SMILES string of the molecule is COc1cc(C=C2C(=O)N(c3ccc(C)cc3)C(=S)N(c3ccc(C)cc3)C2=O)cc(Br)c1OCc1ccccc1Cl. The standard InChI is InChI=1S/C33H26BrClN2O4S/c1-20-8-12-24(13-9-20)36-31(38)26(32(39)37(33(36)42)25-14-10-21(2)11-15-25)16-22-17-27(34)30(29(18-22)40-3)41-19-23-6-4-5-7-28(23)35/h4-18H,19H2,1-3H3. The van der Waals surface area contributed by atoms with Gasteiger partial charge in [0.25, 0.3) is 11.8 Å². The van der Waals surface area contributed by atoms with E-state index >= 15 is 0 Å². The highest BCUT2D eigenvalue weighted by molar-refractivity contribution is 9.10. The van der Waals surface area contributed by atoms with Crippen molar-refractivity contribution in [2.75, 3.05) is 16.9 Å². The molecule has 0 atom stereocenters. The van der Waals surface area contributed by atoms with Crippen LogP contribution in [0.1, 0.15) is 22.3 Å². The normalized spacial score (nSPS) is 13.5. The number of aryl methyl sites for hydroxylation is 2. The number of hydrogen-bond acceptors (Lipinski definition) is 5. The first kappa shape index (κ1) is 29.5. The highest BCUT2D eigenvalue weighted by Crippen LogP contribution is 2.39. The van der Waals surface area contributed by atoms with E-state index in [1.807, 2.05) is 80.6 Å². The van der Waals surface area contributed by atoms with Gasteiger partial charge in [0.2, 0.25) is 0 Å². The van der Waals surface area contributed by atoms with Crippen LogP contribution in [0.4, 0.5) is 11.4 Å². The molecule has 6 nitrogen and oxygen atoms in total. The van der Waals surface area contributed by atoms with Gasteiger partial charge in [0.05, 0.1) is 23.0 Å². The van der Waals surface area contributed by atoms with Crippen LogP contribution in [0.2, 0.25) is 5.02 Å². The summed E-state index contributed by atoms with van der Waals surface area (Å²) >= 11 is 15.6. The Morgan fingerprint density at radius 2 is 1.40 bits per heavy atom. The maximum atomic E-state index is 13.9. The van der Waals surface area contributed by atoms with E-state index in [1.165, 1.54) is 16.9 Å². The second-order valence-corrected chi connectivity index (χ2v) is 11.3. The zero-order valence-electron chi connectivity index (χ0n) is 23.1. The van der Waals surface area contributed by atoms with Crippen LogP contribution in [-0.4, -0.2) is 24.0 Å². The number of amides is 2. The lowest BCUT2D eigenvalue weighted by Gasteiger charge is -2.36. The minimum absolute atomic E-state index is 0.0524. The Morgan fingerprint density at radius 1 is 0.857 bits per heavy atom. The van der Waals surface area contributed by atoms with Crippen molar-refractivity contribution in [3.8, 4) is 11.5 Å². The minimum atomic E-state index is -0.522. The van der Waals surface area contributed by atoms with E-state index in [2.05, 4.69) is 15.9 Å². The second-order valence-electron chi connectivity index (χ2n) is 9.71. The summed E-state index contributed by atoms with van der Waals surface area (Å²) < 4.78 is 12.3. The Morgan fingerprint density at radius 3 is 1.93 bits per heavy atom. The molecule has 1 fully saturated rings. The summed E-state index contributed by atoms with van der Waals surface area (Å²) in [6, 6.07) is 25.7. The maximum absolute atomic E-state index is 13.9. The molecule has 5 rings (SSSR count). The molecular weight excluding hydrogens is 636 g/mol. The van der Waals surface area contributed by atoms with E-state index < -0.39 is 11.8 Å². The first-order valence-electron chi connectivity index (χ1n) is 13.0. The van der Waals surface area contributed by atoms with Crippen molar-refractivity contribution in [2.45, 2.75) is 20.5 Å². The molecule has 1 saturated heterocycles. The Hall–Kier alpha value is -3.98. The van der Waals surface area contributed by atoms with Crippen LogP contribution >= 0.6 is 39.7 Å². The molecule has 1 aliphatic heterocycles. The van der Waals surface area contributed by atoms with Crippen molar-refractivity contribution >= 4 is 74.1 Å². The number of methoxy groups -OCH3 is 1. The molecule has 0 radical (unpaired) electrons. The third-order valence-corrected chi connectivity index (χ3v) is 8.05. The molecule has 2 amide bonds. The number of benzene rings is 4. The molecule has 0 bridgehead atoms. The first-order chi connectivity index (χ1) is 20.2. The van der Waals surface area contributed by atoms with E-state index in [0.717, 1.165) is 16.7 Å². The topological polar surface area (TPSA) is 59.1 Å². The van der Waals surface area contributed by atoms with Gasteiger partial charge in [-0.2, -0.15) is 0 Å². The molecule has 9 heteroatoms. The van der Waals surface area contributed by atoms with Crippen molar-refractivity contribution in [3.05, 3.63) is 122 Å². The van der Waals surface area contributed by atoms with Crippen molar-refractivity contribution < 1.29 is 19.1 Å². The fraction of sp³-hybridized carbons (Fsp3) is 0.121. The lowest BCUT2D eigenvalue weighted by Crippen LogP contribution is -2.56. The van der Waals surface area contributed by atoms with Crippen LogP contribution in [0.15, 0.2) is 95.0 Å². The van der Waals surface area contributed by atoms with Gasteiger partial charge in [-0.3, -0.25) is 19.4 Å². The van der Waals surface area contributed by atoms with Gasteiger partial charge in [-0.1, -0.05) is 65.2 Å². The van der Waals surface area contributed by atoms with Crippen molar-refractivity contribution in [1.82, 2.24) is 0 Å². The fourth-order valence-corrected chi connectivity index (χ4v) is 5.61. The highest BCUT2D eigenvalue weighted by atomic mass is 79.9. The summed E-state index contributed by atoms with van der Waals surface area (Å²) in [6.07, 6.45) is 1.54. The quantitative estimate of drug-likeness (QED) is 0.114. The highest BCUT2D eigenvalue weighted by Gasteiger charge is 2.41. The molecule has 4 aromatic rings. The number of anilines is 2. The Labute approximate surface area is 263 Å². The van der Waals surface area contributed by atoms with Gasteiger partial charge in [-0.15, -0.1) is 0 Å². The summed E-state index contributed by atoms with van der Waals surface area (Å²) in [4.78, 5) is 30.6. The van der Waals surface area contributed by atoms with Gasteiger partial charge in [0, 0.05) is 10.6 Å². The molecule has 0 N–H and O–H groups in total. The third-order valence-electron chi connectivity index (χ3n) is 6.73. The van der Waals surface area contributed by atoms with Crippen LogP contribution in [0.5, 0.6) is 11.5 Å². The van der Waals surface area contributed by atoms with Crippen molar-refractivity contribution in [2.24, 2.45) is 0 Å². The summed E-state index contributed by atoms with van der Waals surface area (Å²) in [7, 11) is 1.52. The minimum Gasteiger partial charge on any atom is -0.493 e. The average molecular weight is 662 g/mol. The van der Waals surface area contributed by atoms with Gasteiger partial charge in [-0.05, 0) is 96.1 Å². The molecule has 1 heterocycles. The van der Waals surface area contributed by atoms with Crippen LogP contribution in [-0.2, 0) is 16.2 Å². The number of halogens is 2. The van der Waals surface area contributed by atoms with Crippen molar-refractivity contribution in [3.63, 3.8) is 0 Å². The summed E-state index contributed by atoms with van der Waals surface area (Å²) in [5.74, 6) is -0.164. The van der Waals surface area contributed by atoms with Crippen LogP contribution in [0.3, 0.4) is 0 Å². The van der Waals surface area contributed by atoms with E-state index in [-0.39, 0.29) is 17.3 Å². The van der Waals surface area contributed by atoms with E-state index in [1.54, 1.807) is 24.3 Å². The van der Waals surface area contributed by atoms with Gasteiger partial charge >= 0.3 is 0 Å². The Balaban J connectivity index is 1.56. The Kier molecular flexibility index (Phi) is 8.77. The molecule has 0 unspecified atom stereocenters. The largest absolute Gasteiger partial charge is 0.493 e. The smallest absolute Gasteiger partial charge is 0.270 e. The average Bonchev–Trinajstić information content (AvgIpc) is 2.97. The molecular formula is C33H26BrClN2O4S. The molecule has 0 aliphatic carbocycles. The lowest BCUT2D eigenvalue weighted by atomic mass is 10.0. The van der Waals surface area contributed by atoms with Gasteiger partial charge < -0.3 is 9.47 Å². The number of ether oxygens (including phenoxy) is 2. The number of thiocarbonyl (C=S) groups is 1. The van der Waals surface area contributed by atoms with E-state index in [0.29, 0.717) is 37.9 Å². The summed E-state index contributed by atoms with van der Waals surface area (Å²) in [6.45, 7) is 4.14. The zero-order valence-corrected chi connectivity index (χ0v) is 26.2. The fourth-order valence-electron chi connectivity index (χ4n) is 4.47. The van der Waals surface area contributed by atoms with Gasteiger partial charge in [0.15, 0.2) is 16.6 Å².